The summed E-state index contributed by atoms with van der Waals surface area (Å²) in [6, 6.07) is 10.1. The van der Waals surface area contributed by atoms with Crippen molar-refractivity contribution in [1.82, 2.24) is 4.98 Å². The Hall–Kier alpha value is -2.23. The highest BCUT2D eigenvalue weighted by atomic mass is 16.5. The van der Waals surface area contributed by atoms with E-state index in [9.17, 15) is 4.79 Å². The van der Waals surface area contributed by atoms with Crippen LogP contribution < -0.4 is 4.74 Å². The zero-order chi connectivity index (χ0) is 14.8. The fraction of sp³-hybridized carbons (Fsp3) is 0.353. The Morgan fingerprint density at radius 1 is 1.33 bits per heavy atom. The molecule has 1 atom stereocenters. The normalized spacial score (nSPS) is 16.6. The Morgan fingerprint density at radius 3 is 2.95 bits per heavy atom. The molecule has 2 aromatic rings. The van der Waals surface area contributed by atoms with E-state index < -0.39 is 0 Å². The van der Waals surface area contributed by atoms with Crippen LogP contribution >= 0.6 is 0 Å². The lowest BCUT2D eigenvalue weighted by Gasteiger charge is -2.11. The summed E-state index contributed by atoms with van der Waals surface area (Å²) in [6.45, 7) is 0. The molecule has 4 heteroatoms. The van der Waals surface area contributed by atoms with E-state index in [2.05, 4.69) is 17.1 Å². The average Bonchev–Trinajstić information content (AvgIpc) is 3.09. The average molecular weight is 285 g/mol. The first-order chi connectivity index (χ1) is 10.2. The molecule has 0 saturated heterocycles. The lowest BCUT2D eigenvalue weighted by atomic mass is 9.97. The van der Waals surface area contributed by atoms with Crippen LogP contribution in [0.15, 0.2) is 30.3 Å². The number of esters is 1. The van der Waals surface area contributed by atoms with Crippen molar-refractivity contribution in [3.8, 4) is 5.75 Å². The zero-order valence-corrected chi connectivity index (χ0v) is 12.3. The van der Waals surface area contributed by atoms with Gasteiger partial charge in [-0.2, -0.15) is 0 Å². The maximum atomic E-state index is 11.6. The molecular weight excluding hydrogens is 266 g/mol. The molecule has 0 amide bonds. The van der Waals surface area contributed by atoms with Gasteiger partial charge in [-0.05, 0) is 48.6 Å². The van der Waals surface area contributed by atoms with E-state index in [4.69, 9.17) is 9.47 Å². The Bertz CT molecular complexity index is 660. The summed E-state index contributed by atoms with van der Waals surface area (Å²) < 4.78 is 10.0. The number of H-pyrrole nitrogens is 1. The predicted octanol–water partition coefficient (Wildman–Crippen LogP) is 3.08. The molecule has 1 N–H and O–H groups in total. The number of rotatable bonds is 4. The summed E-state index contributed by atoms with van der Waals surface area (Å²) in [7, 11) is 3.09. The number of aryl methyl sites for hydroxylation is 1. The molecule has 110 valence electrons. The molecular formula is C17H19NO3. The Morgan fingerprint density at radius 2 is 2.19 bits per heavy atom. The first kappa shape index (κ1) is 13.7. The number of aromatic nitrogens is 1. The minimum atomic E-state index is -0.301. The fourth-order valence-electron chi connectivity index (χ4n) is 3.07. The van der Waals surface area contributed by atoms with Crippen molar-refractivity contribution < 1.29 is 14.3 Å². The lowest BCUT2D eigenvalue weighted by molar-refractivity contribution is 0.0594. The first-order valence-corrected chi connectivity index (χ1v) is 7.14. The summed E-state index contributed by atoms with van der Waals surface area (Å²) in [5, 5.41) is 0. The van der Waals surface area contributed by atoms with Crippen LogP contribution in [0.3, 0.4) is 0 Å². The molecule has 0 spiro atoms. The number of ether oxygens (including phenoxy) is 2. The highest BCUT2D eigenvalue weighted by Crippen LogP contribution is 2.36. The van der Waals surface area contributed by atoms with Crippen LogP contribution in [0, 0.1) is 0 Å². The van der Waals surface area contributed by atoms with Crippen LogP contribution in [-0.2, 0) is 17.6 Å². The highest BCUT2D eigenvalue weighted by Gasteiger charge is 2.26. The molecule has 4 nitrogen and oxygen atoms in total. The van der Waals surface area contributed by atoms with E-state index in [1.807, 2.05) is 18.2 Å². The summed E-state index contributed by atoms with van der Waals surface area (Å²) >= 11 is 0. The number of methoxy groups -OCH3 is 2. The smallest absolute Gasteiger partial charge is 0.354 e. The molecule has 21 heavy (non-hydrogen) atoms. The third-order valence-electron chi connectivity index (χ3n) is 4.13. The lowest BCUT2D eigenvalue weighted by Crippen LogP contribution is -2.04. The monoisotopic (exact) mass is 285 g/mol. The van der Waals surface area contributed by atoms with Crippen molar-refractivity contribution >= 4 is 5.97 Å². The van der Waals surface area contributed by atoms with Crippen LogP contribution in [0.25, 0.3) is 0 Å². The molecule has 1 aromatic carbocycles. The van der Waals surface area contributed by atoms with Crippen LogP contribution in [-0.4, -0.2) is 25.2 Å². The summed E-state index contributed by atoms with van der Waals surface area (Å²) in [5.74, 6) is 1.00. The third-order valence-corrected chi connectivity index (χ3v) is 4.13. The predicted molar refractivity (Wildman–Crippen MR) is 79.9 cm³/mol. The molecule has 0 radical (unpaired) electrons. The summed E-state index contributed by atoms with van der Waals surface area (Å²) in [5.41, 5.74) is 4.22. The van der Waals surface area contributed by atoms with Gasteiger partial charge < -0.3 is 14.5 Å². The van der Waals surface area contributed by atoms with Crippen LogP contribution in [0.1, 0.15) is 39.6 Å². The van der Waals surface area contributed by atoms with E-state index in [-0.39, 0.29) is 5.97 Å². The largest absolute Gasteiger partial charge is 0.497 e. The summed E-state index contributed by atoms with van der Waals surface area (Å²) in [6.07, 6.45) is 3.07. The number of benzene rings is 1. The van der Waals surface area contributed by atoms with Gasteiger partial charge >= 0.3 is 5.97 Å². The second-order valence-corrected chi connectivity index (χ2v) is 5.40. The van der Waals surface area contributed by atoms with Crippen LogP contribution in [0.5, 0.6) is 5.75 Å². The second-order valence-electron chi connectivity index (χ2n) is 5.40. The van der Waals surface area contributed by atoms with Gasteiger partial charge in [-0.25, -0.2) is 4.79 Å². The molecule has 0 fully saturated rings. The van der Waals surface area contributed by atoms with Gasteiger partial charge in [0.15, 0.2) is 0 Å². The van der Waals surface area contributed by atoms with Crippen molar-refractivity contribution in [3.05, 3.63) is 52.8 Å². The molecule has 0 bridgehead atoms. The number of hydrogen-bond acceptors (Lipinski definition) is 3. The van der Waals surface area contributed by atoms with Gasteiger partial charge in [0, 0.05) is 11.6 Å². The number of aromatic amines is 1. The third kappa shape index (κ3) is 2.66. The topological polar surface area (TPSA) is 51.3 Å². The van der Waals surface area contributed by atoms with Gasteiger partial charge in [0.25, 0.3) is 0 Å². The molecule has 1 aliphatic carbocycles. The molecule has 1 heterocycles. The molecule has 1 aliphatic rings. The fourth-order valence-corrected chi connectivity index (χ4v) is 3.07. The number of fused-ring (bicyclic) bond motifs is 1. The van der Waals surface area contributed by atoms with Gasteiger partial charge in [0.05, 0.1) is 14.2 Å². The highest BCUT2D eigenvalue weighted by molar-refractivity contribution is 5.87. The van der Waals surface area contributed by atoms with E-state index in [1.165, 1.54) is 23.9 Å². The van der Waals surface area contributed by atoms with Gasteiger partial charge in [-0.1, -0.05) is 12.1 Å². The quantitative estimate of drug-likeness (QED) is 0.878. The minimum Gasteiger partial charge on any atom is -0.497 e. The molecule has 1 aromatic heterocycles. The van der Waals surface area contributed by atoms with E-state index >= 15 is 0 Å². The van der Waals surface area contributed by atoms with Crippen molar-refractivity contribution in [2.24, 2.45) is 0 Å². The number of hydrogen-bond donors (Lipinski definition) is 1. The standard InChI is InChI=1S/C17H19NO3/c1-20-14-5-3-4-11(9-14)8-12-6-7-13-10-15(17(19)21-2)18-16(12)13/h3-5,9-10,12,18H,6-8H2,1-2H3. The Labute approximate surface area is 124 Å². The second kappa shape index (κ2) is 5.64. The first-order valence-electron chi connectivity index (χ1n) is 7.14. The van der Waals surface area contributed by atoms with E-state index in [0.717, 1.165) is 25.0 Å². The van der Waals surface area contributed by atoms with E-state index in [1.54, 1.807) is 7.11 Å². The van der Waals surface area contributed by atoms with Gasteiger partial charge in [0.1, 0.15) is 11.4 Å². The minimum absolute atomic E-state index is 0.301. The maximum Gasteiger partial charge on any atom is 0.354 e. The van der Waals surface area contributed by atoms with Gasteiger partial charge in [0.2, 0.25) is 0 Å². The molecule has 3 rings (SSSR count). The Kier molecular flexibility index (Phi) is 3.69. The van der Waals surface area contributed by atoms with Crippen molar-refractivity contribution in [2.45, 2.75) is 25.2 Å². The summed E-state index contributed by atoms with van der Waals surface area (Å²) in [4.78, 5) is 14.8. The van der Waals surface area contributed by atoms with Crippen LogP contribution in [0.4, 0.5) is 0 Å². The van der Waals surface area contributed by atoms with Crippen molar-refractivity contribution in [3.63, 3.8) is 0 Å². The van der Waals surface area contributed by atoms with Crippen molar-refractivity contribution in [2.75, 3.05) is 14.2 Å². The molecule has 0 saturated carbocycles. The number of carbonyl (C=O) groups excluding carboxylic acids is 1. The number of carbonyl (C=O) groups is 1. The SMILES string of the molecule is COC(=O)c1cc2c([nH]1)C(Cc1cccc(OC)c1)CC2. The Balaban J connectivity index is 1.80. The van der Waals surface area contributed by atoms with Gasteiger partial charge in [-0.3, -0.25) is 0 Å². The van der Waals surface area contributed by atoms with Crippen LogP contribution in [0.2, 0.25) is 0 Å². The molecule has 0 aliphatic heterocycles. The maximum absolute atomic E-state index is 11.6. The van der Waals surface area contributed by atoms with Crippen molar-refractivity contribution in [1.29, 1.82) is 0 Å². The van der Waals surface area contributed by atoms with Gasteiger partial charge in [-0.15, -0.1) is 0 Å². The van der Waals surface area contributed by atoms with E-state index in [0.29, 0.717) is 11.6 Å². The molecule has 1 unspecified atom stereocenters. The number of nitrogens with one attached hydrogen (secondary N) is 1. The zero-order valence-electron chi connectivity index (χ0n) is 12.3.